The van der Waals surface area contributed by atoms with E-state index in [9.17, 15) is 10.1 Å². The SMILES string of the molecule is C[N+](C)(C)c1cccc([N+](=O)[O-])c1.[Cl-]. The zero-order valence-corrected chi connectivity index (χ0v) is 9.15. The highest BCUT2D eigenvalue weighted by Crippen LogP contribution is 2.22. The van der Waals surface area contributed by atoms with Crippen molar-refractivity contribution in [2.24, 2.45) is 0 Å². The van der Waals surface area contributed by atoms with E-state index in [1.165, 1.54) is 6.07 Å². The molecule has 1 aromatic rings. The van der Waals surface area contributed by atoms with E-state index in [2.05, 4.69) is 0 Å². The number of non-ortho nitro benzene ring substituents is 1. The minimum Gasteiger partial charge on any atom is -1.00 e. The van der Waals surface area contributed by atoms with Gasteiger partial charge in [-0.2, -0.15) is 0 Å². The number of nitrogens with zero attached hydrogens (tertiary/aromatic N) is 2. The molecule has 0 spiro atoms. The van der Waals surface area contributed by atoms with Crippen molar-refractivity contribution in [1.29, 1.82) is 0 Å². The molecule has 0 radical (unpaired) electrons. The van der Waals surface area contributed by atoms with Crippen molar-refractivity contribution in [2.75, 3.05) is 21.1 Å². The Balaban J connectivity index is 0.00000169. The Morgan fingerprint density at radius 1 is 1.29 bits per heavy atom. The van der Waals surface area contributed by atoms with E-state index in [0.717, 1.165) is 5.69 Å². The van der Waals surface area contributed by atoms with Crippen molar-refractivity contribution in [2.45, 2.75) is 0 Å². The number of quaternary nitrogens is 1. The Bertz CT molecular complexity index is 334. The van der Waals surface area contributed by atoms with Crippen LogP contribution >= 0.6 is 0 Å². The lowest BCUT2D eigenvalue weighted by Crippen LogP contribution is -3.00. The van der Waals surface area contributed by atoms with Crippen LogP contribution in [0.25, 0.3) is 0 Å². The van der Waals surface area contributed by atoms with Crippen molar-refractivity contribution >= 4 is 11.4 Å². The van der Waals surface area contributed by atoms with E-state index in [-0.39, 0.29) is 23.0 Å². The van der Waals surface area contributed by atoms with E-state index in [0.29, 0.717) is 4.48 Å². The van der Waals surface area contributed by atoms with Gasteiger partial charge in [0.05, 0.1) is 32.1 Å². The average molecular weight is 217 g/mol. The molecule has 78 valence electrons. The molecule has 0 saturated carbocycles. The van der Waals surface area contributed by atoms with Gasteiger partial charge in [-0.05, 0) is 12.1 Å². The van der Waals surface area contributed by atoms with Crippen molar-refractivity contribution in [3.63, 3.8) is 0 Å². The van der Waals surface area contributed by atoms with Crippen LogP contribution < -0.4 is 16.9 Å². The number of hydrogen-bond acceptors (Lipinski definition) is 2. The number of nitro benzene ring substituents is 1. The molecule has 14 heavy (non-hydrogen) atoms. The Morgan fingerprint density at radius 3 is 2.29 bits per heavy atom. The zero-order chi connectivity index (χ0) is 10.1. The lowest BCUT2D eigenvalue weighted by Gasteiger charge is -2.22. The van der Waals surface area contributed by atoms with Gasteiger partial charge in [0, 0.05) is 6.07 Å². The first kappa shape index (κ1) is 12.9. The maximum atomic E-state index is 10.5. The molecule has 0 saturated heterocycles. The van der Waals surface area contributed by atoms with Crippen LogP contribution in [-0.2, 0) is 0 Å². The van der Waals surface area contributed by atoms with Crippen LogP contribution in [0.5, 0.6) is 0 Å². The molecule has 0 unspecified atom stereocenters. The third-order valence-corrected chi connectivity index (χ3v) is 1.82. The van der Waals surface area contributed by atoms with Crippen molar-refractivity contribution in [1.82, 2.24) is 4.48 Å². The summed E-state index contributed by atoms with van der Waals surface area (Å²) in [4.78, 5) is 10.1. The highest BCUT2D eigenvalue weighted by atomic mass is 35.5. The quantitative estimate of drug-likeness (QED) is 0.354. The third kappa shape index (κ3) is 2.97. The Kier molecular flexibility index (Phi) is 4.04. The number of nitro groups is 1. The van der Waals surface area contributed by atoms with Crippen LogP contribution in [0.15, 0.2) is 24.3 Å². The molecular formula is C9H13ClN2O2. The second kappa shape index (κ2) is 4.39. The lowest BCUT2D eigenvalue weighted by molar-refractivity contribution is -0.384. The first-order valence-electron chi connectivity index (χ1n) is 3.98. The fourth-order valence-electron chi connectivity index (χ4n) is 1.02. The largest absolute Gasteiger partial charge is 1.00 e. The first-order valence-corrected chi connectivity index (χ1v) is 3.98. The smallest absolute Gasteiger partial charge is 0.275 e. The molecule has 1 rings (SSSR count). The summed E-state index contributed by atoms with van der Waals surface area (Å²) in [5.74, 6) is 0. The van der Waals surface area contributed by atoms with Crippen LogP contribution in [0.4, 0.5) is 11.4 Å². The molecule has 0 atom stereocenters. The molecule has 0 aliphatic rings. The van der Waals surface area contributed by atoms with E-state index in [4.69, 9.17) is 0 Å². The minimum absolute atomic E-state index is 0. The molecule has 0 heterocycles. The summed E-state index contributed by atoms with van der Waals surface area (Å²) in [5, 5.41) is 10.5. The number of rotatable bonds is 2. The predicted molar refractivity (Wildman–Crippen MR) is 52.7 cm³/mol. The molecule has 0 aliphatic heterocycles. The lowest BCUT2D eigenvalue weighted by atomic mass is 10.2. The maximum absolute atomic E-state index is 10.5. The topological polar surface area (TPSA) is 43.1 Å². The summed E-state index contributed by atoms with van der Waals surface area (Å²) in [7, 11) is 5.91. The van der Waals surface area contributed by atoms with Gasteiger partial charge in [0.1, 0.15) is 5.69 Å². The standard InChI is InChI=1S/C9H13N2O2.ClH/c1-11(2,3)9-6-4-5-8(7-9)10(12)13;/h4-7H,1-3H3;1H/q+1;/p-1. The van der Waals surface area contributed by atoms with Crippen LogP contribution in [-0.4, -0.2) is 26.1 Å². The minimum atomic E-state index is -0.376. The second-order valence-electron chi connectivity index (χ2n) is 3.79. The summed E-state index contributed by atoms with van der Waals surface area (Å²) >= 11 is 0. The summed E-state index contributed by atoms with van der Waals surface area (Å²) in [6.45, 7) is 0. The first-order chi connectivity index (χ1) is 5.91. The third-order valence-electron chi connectivity index (χ3n) is 1.82. The molecule has 4 nitrogen and oxygen atoms in total. The number of halogens is 1. The number of benzene rings is 1. The van der Waals surface area contributed by atoms with Gasteiger partial charge in [0.15, 0.2) is 0 Å². The fraction of sp³-hybridized carbons (Fsp3) is 0.333. The Hall–Kier alpha value is -1.13. The number of hydrogen-bond donors (Lipinski definition) is 0. The van der Waals surface area contributed by atoms with Crippen LogP contribution in [0.1, 0.15) is 0 Å². The van der Waals surface area contributed by atoms with E-state index in [1.54, 1.807) is 12.1 Å². The van der Waals surface area contributed by atoms with Crippen LogP contribution in [0.2, 0.25) is 0 Å². The Labute approximate surface area is 89.3 Å². The monoisotopic (exact) mass is 216 g/mol. The van der Waals surface area contributed by atoms with E-state index >= 15 is 0 Å². The molecule has 0 fully saturated rings. The second-order valence-corrected chi connectivity index (χ2v) is 3.79. The van der Waals surface area contributed by atoms with Gasteiger partial charge in [-0.15, -0.1) is 0 Å². The van der Waals surface area contributed by atoms with E-state index in [1.807, 2.05) is 27.2 Å². The van der Waals surface area contributed by atoms with Gasteiger partial charge < -0.3 is 12.4 Å². The molecule has 0 aromatic heterocycles. The Morgan fingerprint density at radius 2 is 1.86 bits per heavy atom. The van der Waals surface area contributed by atoms with Gasteiger partial charge >= 0.3 is 0 Å². The molecule has 0 bridgehead atoms. The summed E-state index contributed by atoms with van der Waals surface area (Å²) in [6, 6.07) is 6.68. The molecular weight excluding hydrogens is 204 g/mol. The summed E-state index contributed by atoms with van der Waals surface area (Å²) in [6.07, 6.45) is 0. The van der Waals surface area contributed by atoms with E-state index < -0.39 is 0 Å². The normalized spacial score (nSPS) is 10.5. The van der Waals surface area contributed by atoms with Gasteiger partial charge in [-0.1, -0.05) is 0 Å². The van der Waals surface area contributed by atoms with Crippen molar-refractivity contribution in [3.05, 3.63) is 34.4 Å². The molecule has 0 aliphatic carbocycles. The predicted octanol–water partition coefficient (Wildman–Crippen LogP) is -1.20. The average Bonchev–Trinajstić information content (AvgIpc) is 2.03. The van der Waals surface area contributed by atoms with Crippen LogP contribution in [0.3, 0.4) is 0 Å². The molecule has 0 amide bonds. The highest BCUT2D eigenvalue weighted by Gasteiger charge is 2.15. The van der Waals surface area contributed by atoms with Gasteiger partial charge in [-0.25, -0.2) is 0 Å². The molecule has 1 aromatic carbocycles. The van der Waals surface area contributed by atoms with Gasteiger partial charge in [0.2, 0.25) is 0 Å². The van der Waals surface area contributed by atoms with Gasteiger partial charge in [0.25, 0.3) is 5.69 Å². The highest BCUT2D eigenvalue weighted by molar-refractivity contribution is 5.49. The van der Waals surface area contributed by atoms with Crippen molar-refractivity contribution in [3.8, 4) is 0 Å². The van der Waals surface area contributed by atoms with Crippen molar-refractivity contribution < 1.29 is 17.3 Å². The summed E-state index contributed by atoms with van der Waals surface area (Å²) in [5.41, 5.74) is 1.07. The maximum Gasteiger partial charge on any atom is 0.275 e. The summed E-state index contributed by atoms with van der Waals surface area (Å²) < 4.78 is 0.585. The fourth-order valence-corrected chi connectivity index (χ4v) is 1.02. The van der Waals surface area contributed by atoms with Crippen LogP contribution in [0, 0.1) is 10.1 Å². The molecule has 5 heteroatoms. The zero-order valence-electron chi connectivity index (χ0n) is 8.40. The molecule has 0 N–H and O–H groups in total. The van der Waals surface area contributed by atoms with Gasteiger partial charge in [-0.3, -0.25) is 14.6 Å².